The Balaban J connectivity index is 0.00000261. The third-order valence-corrected chi connectivity index (χ3v) is 5.36. The van der Waals surface area contributed by atoms with Gasteiger partial charge in [0.15, 0.2) is 18.1 Å². The molecule has 0 aromatic heterocycles. The number of likely N-dealkylation sites (tertiary alicyclic amines) is 2. The number of halogens is 1. The predicted molar refractivity (Wildman–Crippen MR) is 109 cm³/mol. The molecule has 0 aliphatic carbocycles. The first-order chi connectivity index (χ1) is 12.7. The molecule has 0 bridgehead atoms. The Kier molecular flexibility index (Phi) is 8.67. The maximum atomic E-state index is 12.2. The zero-order valence-electron chi connectivity index (χ0n) is 16.4. The van der Waals surface area contributed by atoms with Crippen LogP contribution in [0.25, 0.3) is 0 Å². The number of piperidine rings is 1. The van der Waals surface area contributed by atoms with E-state index >= 15 is 0 Å². The summed E-state index contributed by atoms with van der Waals surface area (Å²) in [5, 5.41) is 3.38. The van der Waals surface area contributed by atoms with Crippen molar-refractivity contribution in [3.8, 4) is 11.5 Å². The van der Waals surface area contributed by atoms with Crippen molar-refractivity contribution in [1.29, 1.82) is 0 Å². The van der Waals surface area contributed by atoms with E-state index in [1.54, 1.807) is 7.11 Å². The lowest BCUT2D eigenvalue weighted by molar-refractivity contribution is -0.132. The monoisotopic (exact) mass is 397 g/mol. The summed E-state index contributed by atoms with van der Waals surface area (Å²) < 4.78 is 11.2. The fourth-order valence-electron chi connectivity index (χ4n) is 3.82. The molecule has 1 atom stereocenters. The van der Waals surface area contributed by atoms with Gasteiger partial charge in [-0.15, -0.1) is 12.4 Å². The average Bonchev–Trinajstić information content (AvgIpc) is 3.21. The lowest BCUT2D eigenvalue weighted by Gasteiger charge is -2.32. The molecule has 152 valence electrons. The number of carbonyl (C=O) groups excluding carboxylic acids is 1. The highest BCUT2D eigenvalue weighted by Gasteiger charge is 2.20. The molecular formula is C20H32ClN3O3. The van der Waals surface area contributed by atoms with Crippen molar-refractivity contribution in [2.75, 3.05) is 46.9 Å². The van der Waals surface area contributed by atoms with Crippen LogP contribution < -0.4 is 14.8 Å². The fourth-order valence-corrected chi connectivity index (χ4v) is 3.82. The van der Waals surface area contributed by atoms with E-state index in [-0.39, 0.29) is 24.9 Å². The number of likely N-dealkylation sites (N-methyl/N-ethyl adjacent to an activating group) is 1. The third kappa shape index (κ3) is 5.99. The molecule has 6 nitrogen and oxygen atoms in total. The molecule has 1 aromatic carbocycles. The van der Waals surface area contributed by atoms with Crippen molar-refractivity contribution in [3.05, 3.63) is 23.8 Å². The van der Waals surface area contributed by atoms with Crippen LogP contribution in [0.2, 0.25) is 0 Å². The molecule has 1 N–H and O–H groups in total. The highest BCUT2D eigenvalue weighted by Crippen LogP contribution is 2.29. The molecule has 3 rings (SSSR count). The van der Waals surface area contributed by atoms with Gasteiger partial charge in [0.05, 0.1) is 7.11 Å². The van der Waals surface area contributed by atoms with Crippen LogP contribution in [-0.2, 0) is 11.3 Å². The fraction of sp³-hybridized carbons (Fsp3) is 0.650. The van der Waals surface area contributed by atoms with Gasteiger partial charge in [0.25, 0.3) is 5.91 Å². The second-order valence-electron chi connectivity index (χ2n) is 7.22. The number of benzene rings is 1. The van der Waals surface area contributed by atoms with Crippen molar-refractivity contribution in [2.24, 2.45) is 0 Å². The lowest BCUT2D eigenvalue weighted by Crippen LogP contribution is -2.43. The van der Waals surface area contributed by atoms with Gasteiger partial charge in [0.2, 0.25) is 0 Å². The number of ether oxygens (including phenoxy) is 2. The summed E-state index contributed by atoms with van der Waals surface area (Å²) in [6, 6.07) is 6.59. The molecule has 2 aliphatic rings. The molecule has 2 saturated heterocycles. The van der Waals surface area contributed by atoms with E-state index in [1.807, 2.05) is 24.1 Å². The third-order valence-electron chi connectivity index (χ3n) is 5.36. The van der Waals surface area contributed by atoms with Crippen LogP contribution in [0.5, 0.6) is 11.5 Å². The summed E-state index contributed by atoms with van der Waals surface area (Å²) in [5.41, 5.74) is 1.21. The largest absolute Gasteiger partial charge is 0.493 e. The Morgan fingerprint density at radius 2 is 1.96 bits per heavy atom. The van der Waals surface area contributed by atoms with Crippen molar-refractivity contribution in [1.82, 2.24) is 15.1 Å². The Morgan fingerprint density at radius 1 is 1.19 bits per heavy atom. The first-order valence-corrected chi connectivity index (χ1v) is 9.66. The van der Waals surface area contributed by atoms with Crippen LogP contribution in [0.15, 0.2) is 18.2 Å². The van der Waals surface area contributed by atoms with Gasteiger partial charge in [-0.3, -0.25) is 9.69 Å². The zero-order chi connectivity index (χ0) is 18.4. The van der Waals surface area contributed by atoms with Crippen LogP contribution >= 0.6 is 12.4 Å². The highest BCUT2D eigenvalue weighted by molar-refractivity contribution is 5.85. The molecule has 1 amide bonds. The topological polar surface area (TPSA) is 54.0 Å². The van der Waals surface area contributed by atoms with Crippen molar-refractivity contribution in [3.63, 3.8) is 0 Å². The van der Waals surface area contributed by atoms with Crippen molar-refractivity contribution in [2.45, 2.75) is 38.3 Å². The second kappa shape index (κ2) is 10.7. The average molecular weight is 398 g/mol. The molecule has 1 aromatic rings. The van der Waals surface area contributed by atoms with Gasteiger partial charge >= 0.3 is 0 Å². The standard InChI is InChI=1S/C20H31N3O3.ClH/c1-21-17-6-5-9-22(14-17)13-16-7-8-18(19(12-16)25-2)26-15-20(24)23-10-3-4-11-23;/h7-8,12,17,21H,3-6,9-11,13-15H2,1-2H3;1H. The molecule has 27 heavy (non-hydrogen) atoms. The van der Waals surface area contributed by atoms with E-state index < -0.39 is 0 Å². The molecule has 7 heteroatoms. The van der Waals surface area contributed by atoms with E-state index in [9.17, 15) is 4.79 Å². The van der Waals surface area contributed by atoms with Gasteiger partial charge in [0.1, 0.15) is 0 Å². The highest BCUT2D eigenvalue weighted by atomic mass is 35.5. The zero-order valence-corrected chi connectivity index (χ0v) is 17.2. The molecule has 2 aliphatic heterocycles. The van der Waals surface area contributed by atoms with Crippen LogP contribution in [0.1, 0.15) is 31.2 Å². The Labute approximate surface area is 168 Å². The number of nitrogens with zero attached hydrogens (tertiary/aromatic N) is 2. The van der Waals surface area contributed by atoms with E-state index in [0.29, 0.717) is 17.5 Å². The van der Waals surface area contributed by atoms with E-state index in [1.165, 1.54) is 18.4 Å². The normalized spacial score (nSPS) is 20.2. The van der Waals surface area contributed by atoms with Crippen molar-refractivity contribution < 1.29 is 14.3 Å². The Morgan fingerprint density at radius 3 is 2.67 bits per heavy atom. The quantitative estimate of drug-likeness (QED) is 0.765. The number of hydrogen-bond donors (Lipinski definition) is 1. The summed E-state index contributed by atoms with van der Waals surface area (Å²) in [4.78, 5) is 16.5. The van der Waals surface area contributed by atoms with Gasteiger partial charge in [0, 0.05) is 32.2 Å². The number of carbonyl (C=O) groups is 1. The van der Waals surface area contributed by atoms with E-state index in [0.717, 1.165) is 45.6 Å². The van der Waals surface area contributed by atoms with E-state index in [2.05, 4.69) is 16.3 Å². The summed E-state index contributed by atoms with van der Waals surface area (Å²) in [7, 11) is 3.68. The van der Waals surface area contributed by atoms with E-state index in [4.69, 9.17) is 9.47 Å². The first-order valence-electron chi connectivity index (χ1n) is 9.66. The summed E-state index contributed by atoms with van der Waals surface area (Å²) in [6.45, 7) is 4.88. The second-order valence-corrected chi connectivity index (χ2v) is 7.22. The van der Waals surface area contributed by atoms with Gasteiger partial charge in [-0.05, 0) is 57.0 Å². The minimum atomic E-state index is 0. The minimum Gasteiger partial charge on any atom is -0.493 e. The Hall–Kier alpha value is -1.50. The summed E-state index contributed by atoms with van der Waals surface area (Å²) >= 11 is 0. The molecule has 0 spiro atoms. The summed E-state index contributed by atoms with van der Waals surface area (Å²) in [6.07, 6.45) is 4.65. The van der Waals surface area contributed by atoms with Gasteiger partial charge in [-0.1, -0.05) is 6.07 Å². The van der Waals surface area contributed by atoms with Gasteiger partial charge < -0.3 is 19.7 Å². The molecule has 2 fully saturated rings. The number of methoxy groups -OCH3 is 1. The maximum Gasteiger partial charge on any atom is 0.260 e. The Bertz CT molecular complexity index is 608. The van der Waals surface area contributed by atoms with Crippen LogP contribution in [0.3, 0.4) is 0 Å². The minimum absolute atomic E-state index is 0. The predicted octanol–water partition coefficient (Wildman–Crippen LogP) is 2.30. The van der Waals surface area contributed by atoms with Gasteiger partial charge in [-0.2, -0.15) is 0 Å². The summed E-state index contributed by atoms with van der Waals surface area (Å²) in [5.74, 6) is 1.38. The van der Waals surface area contributed by atoms with Crippen LogP contribution in [-0.4, -0.2) is 68.7 Å². The molecule has 2 heterocycles. The number of rotatable bonds is 7. The molecular weight excluding hydrogens is 366 g/mol. The van der Waals surface area contributed by atoms with Gasteiger partial charge in [-0.25, -0.2) is 0 Å². The molecule has 0 radical (unpaired) electrons. The first kappa shape index (κ1) is 21.8. The van der Waals surface area contributed by atoms with Crippen molar-refractivity contribution >= 4 is 18.3 Å². The SMILES string of the molecule is CNC1CCCN(Cc2ccc(OCC(=O)N3CCCC3)c(OC)c2)C1.Cl. The molecule has 1 unspecified atom stereocenters. The lowest BCUT2D eigenvalue weighted by atomic mass is 10.0. The number of hydrogen-bond acceptors (Lipinski definition) is 5. The number of nitrogens with one attached hydrogen (secondary N) is 1. The smallest absolute Gasteiger partial charge is 0.260 e. The van der Waals surface area contributed by atoms with Crippen LogP contribution in [0.4, 0.5) is 0 Å². The van der Waals surface area contributed by atoms with Crippen LogP contribution in [0, 0.1) is 0 Å². The molecule has 0 saturated carbocycles. The number of amides is 1. The maximum absolute atomic E-state index is 12.2.